The zero-order valence-electron chi connectivity index (χ0n) is 11.4. The Kier molecular flexibility index (Phi) is 3.51. The predicted molar refractivity (Wildman–Crippen MR) is 70.8 cm³/mol. The Balaban J connectivity index is 1.79. The van der Waals surface area contributed by atoms with Crippen molar-refractivity contribution in [3.05, 3.63) is 24.4 Å². The van der Waals surface area contributed by atoms with Crippen molar-refractivity contribution < 1.29 is 18.0 Å². The van der Waals surface area contributed by atoms with E-state index in [4.69, 9.17) is 0 Å². The van der Waals surface area contributed by atoms with Crippen LogP contribution in [0, 0.1) is 11.8 Å². The van der Waals surface area contributed by atoms with Crippen LogP contribution in [0.1, 0.15) is 12.8 Å². The van der Waals surface area contributed by atoms with Gasteiger partial charge < -0.3 is 4.90 Å². The third-order valence-corrected chi connectivity index (χ3v) is 4.25. The molecule has 0 bridgehead atoms. The normalized spacial score (nSPS) is 24.4. The lowest BCUT2D eigenvalue weighted by Gasteiger charge is -2.28. The van der Waals surface area contributed by atoms with Gasteiger partial charge in [-0.25, -0.2) is 9.78 Å². The Hall–Kier alpha value is -1.79. The molecule has 0 spiro atoms. The number of hydrogen-bond donors (Lipinski definition) is 0. The van der Waals surface area contributed by atoms with E-state index in [1.165, 1.54) is 17.2 Å². The molecule has 1 aliphatic heterocycles. The van der Waals surface area contributed by atoms with Gasteiger partial charge in [0.25, 0.3) is 0 Å². The number of rotatable bonds is 2. The van der Waals surface area contributed by atoms with E-state index in [0.29, 0.717) is 24.9 Å². The molecule has 1 saturated heterocycles. The number of carbonyl (C=O) groups is 1. The molecule has 1 saturated carbocycles. The molecule has 0 unspecified atom stereocenters. The molecule has 114 valence electrons. The monoisotopic (exact) mass is 299 g/mol. The lowest BCUT2D eigenvalue weighted by molar-refractivity contribution is -0.118. The summed E-state index contributed by atoms with van der Waals surface area (Å²) >= 11 is 0. The Morgan fingerprint density at radius 2 is 1.95 bits per heavy atom. The number of pyridine rings is 1. The molecular weight excluding hydrogens is 283 g/mol. The Morgan fingerprint density at radius 3 is 2.43 bits per heavy atom. The van der Waals surface area contributed by atoms with E-state index in [-0.39, 0.29) is 5.82 Å². The fourth-order valence-electron chi connectivity index (χ4n) is 3.03. The number of halogens is 3. The summed E-state index contributed by atoms with van der Waals surface area (Å²) in [6, 6.07) is 4.01. The number of hydrogen-bond acceptors (Lipinski definition) is 2. The van der Waals surface area contributed by atoms with Crippen LogP contribution in [-0.4, -0.2) is 41.7 Å². The van der Waals surface area contributed by atoms with Gasteiger partial charge >= 0.3 is 12.2 Å². The first-order chi connectivity index (χ1) is 9.94. The van der Waals surface area contributed by atoms with Crippen molar-refractivity contribution in [3.63, 3.8) is 0 Å². The SMILES string of the molecule is O=C(N1C[C@H]2CC[C@H]2C1)N(CC(F)(F)F)c1ccccn1. The van der Waals surface area contributed by atoms with E-state index in [1.54, 1.807) is 12.1 Å². The Bertz CT molecular complexity index is 508. The highest BCUT2D eigenvalue weighted by Crippen LogP contribution is 2.40. The van der Waals surface area contributed by atoms with Gasteiger partial charge in [-0.2, -0.15) is 13.2 Å². The van der Waals surface area contributed by atoms with Crippen LogP contribution in [0.15, 0.2) is 24.4 Å². The second kappa shape index (κ2) is 5.20. The summed E-state index contributed by atoms with van der Waals surface area (Å²) in [6.45, 7) is -0.190. The first-order valence-corrected chi connectivity index (χ1v) is 6.98. The van der Waals surface area contributed by atoms with E-state index >= 15 is 0 Å². The molecule has 2 amide bonds. The minimum Gasteiger partial charge on any atom is -0.324 e. The summed E-state index contributed by atoms with van der Waals surface area (Å²) in [5.41, 5.74) is 0. The smallest absolute Gasteiger partial charge is 0.324 e. The third kappa shape index (κ3) is 2.96. The summed E-state index contributed by atoms with van der Waals surface area (Å²) in [5.74, 6) is 0.968. The van der Waals surface area contributed by atoms with Crippen molar-refractivity contribution in [2.45, 2.75) is 19.0 Å². The Morgan fingerprint density at radius 1 is 1.29 bits per heavy atom. The molecule has 0 N–H and O–H groups in total. The van der Waals surface area contributed by atoms with Gasteiger partial charge in [0.15, 0.2) is 0 Å². The second-order valence-electron chi connectivity index (χ2n) is 5.67. The lowest BCUT2D eigenvalue weighted by atomic mass is 9.77. The number of amides is 2. The summed E-state index contributed by atoms with van der Waals surface area (Å²) in [4.78, 5) is 18.6. The molecule has 1 aromatic heterocycles. The molecule has 2 heterocycles. The number of urea groups is 1. The second-order valence-corrected chi connectivity index (χ2v) is 5.67. The van der Waals surface area contributed by atoms with Crippen LogP contribution < -0.4 is 4.90 Å². The van der Waals surface area contributed by atoms with Crippen molar-refractivity contribution in [1.82, 2.24) is 9.88 Å². The number of aromatic nitrogens is 1. The predicted octanol–water partition coefficient (Wildman–Crippen LogP) is 2.91. The highest BCUT2D eigenvalue weighted by molar-refractivity contribution is 5.91. The van der Waals surface area contributed by atoms with Crippen LogP contribution in [0.25, 0.3) is 0 Å². The van der Waals surface area contributed by atoms with Crippen LogP contribution in [0.3, 0.4) is 0 Å². The molecule has 0 radical (unpaired) electrons. The fourth-order valence-corrected chi connectivity index (χ4v) is 3.03. The molecule has 2 fully saturated rings. The molecule has 7 heteroatoms. The molecule has 2 atom stereocenters. The van der Waals surface area contributed by atoms with Crippen LogP contribution in [0.4, 0.5) is 23.8 Å². The molecule has 0 aromatic carbocycles. The topological polar surface area (TPSA) is 36.4 Å². The number of carbonyl (C=O) groups excluding carboxylic acids is 1. The molecule has 1 aromatic rings. The summed E-state index contributed by atoms with van der Waals surface area (Å²) in [5, 5.41) is 0. The van der Waals surface area contributed by atoms with Crippen molar-refractivity contribution in [2.75, 3.05) is 24.5 Å². The zero-order valence-corrected chi connectivity index (χ0v) is 11.4. The van der Waals surface area contributed by atoms with E-state index in [9.17, 15) is 18.0 Å². The lowest BCUT2D eigenvalue weighted by Crippen LogP contribution is -2.46. The van der Waals surface area contributed by atoms with Gasteiger partial charge in [0.1, 0.15) is 12.4 Å². The largest absolute Gasteiger partial charge is 0.406 e. The van der Waals surface area contributed by atoms with Gasteiger partial charge in [0, 0.05) is 19.3 Å². The standard InChI is InChI=1S/C14H16F3N3O/c15-14(16,17)9-20(12-3-1-2-6-18-12)13(21)19-7-10-4-5-11(10)8-19/h1-3,6,10-11H,4-5,7-9H2/t10-,11+. The first-order valence-electron chi connectivity index (χ1n) is 6.98. The zero-order chi connectivity index (χ0) is 15.0. The number of likely N-dealkylation sites (tertiary alicyclic amines) is 1. The van der Waals surface area contributed by atoms with E-state index in [0.717, 1.165) is 17.7 Å². The van der Waals surface area contributed by atoms with E-state index in [2.05, 4.69) is 4.98 Å². The number of fused-ring (bicyclic) bond motifs is 1. The molecule has 21 heavy (non-hydrogen) atoms. The summed E-state index contributed by atoms with van der Waals surface area (Å²) < 4.78 is 38.3. The average Bonchev–Trinajstić information content (AvgIpc) is 2.71. The molecule has 4 nitrogen and oxygen atoms in total. The number of alkyl halides is 3. The van der Waals surface area contributed by atoms with E-state index < -0.39 is 18.8 Å². The van der Waals surface area contributed by atoms with Gasteiger partial charge in [-0.05, 0) is 36.8 Å². The maximum absolute atomic E-state index is 12.8. The molecular formula is C14H16F3N3O. The minimum atomic E-state index is -4.45. The minimum absolute atomic E-state index is 0.0408. The molecule has 1 aliphatic carbocycles. The third-order valence-electron chi connectivity index (χ3n) is 4.25. The average molecular weight is 299 g/mol. The van der Waals surface area contributed by atoms with Gasteiger partial charge in [-0.3, -0.25) is 4.90 Å². The van der Waals surface area contributed by atoms with Crippen molar-refractivity contribution in [1.29, 1.82) is 0 Å². The maximum atomic E-state index is 12.8. The van der Waals surface area contributed by atoms with Gasteiger partial charge in [-0.1, -0.05) is 6.07 Å². The Labute approximate surface area is 120 Å². The van der Waals surface area contributed by atoms with Crippen LogP contribution >= 0.6 is 0 Å². The van der Waals surface area contributed by atoms with Gasteiger partial charge in [0.05, 0.1) is 0 Å². The van der Waals surface area contributed by atoms with Crippen LogP contribution in [-0.2, 0) is 0 Å². The highest BCUT2D eigenvalue weighted by atomic mass is 19.4. The van der Waals surface area contributed by atoms with Gasteiger partial charge in [0.2, 0.25) is 0 Å². The fraction of sp³-hybridized carbons (Fsp3) is 0.571. The maximum Gasteiger partial charge on any atom is 0.406 e. The van der Waals surface area contributed by atoms with E-state index in [1.807, 2.05) is 0 Å². The van der Waals surface area contributed by atoms with Gasteiger partial charge in [-0.15, -0.1) is 0 Å². The highest BCUT2D eigenvalue weighted by Gasteiger charge is 2.44. The first kappa shape index (κ1) is 14.2. The van der Waals surface area contributed by atoms with Crippen molar-refractivity contribution in [2.24, 2.45) is 11.8 Å². The molecule has 3 rings (SSSR count). The number of anilines is 1. The summed E-state index contributed by atoms with van der Waals surface area (Å²) in [7, 11) is 0. The van der Waals surface area contributed by atoms with Crippen molar-refractivity contribution >= 4 is 11.8 Å². The quantitative estimate of drug-likeness (QED) is 0.842. The number of nitrogens with zero attached hydrogens (tertiary/aromatic N) is 3. The van der Waals surface area contributed by atoms with Crippen LogP contribution in [0.2, 0.25) is 0 Å². The summed E-state index contributed by atoms with van der Waals surface area (Å²) in [6.07, 6.45) is -0.930. The van der Waals surface area contributed by atoms with Crippen molar-refractivity contribution in [3.8, 4) is 0 Å². The van der Waals surface area contributed by atoms with Crippen LogP contribution in [0.5, 0.6) is 0 Å². The molecule has 2 aliphatic rings.